The van der Waals surface area contributed by atoms with Crippen LogP contribution in [0.2, 0.25) is 0 Å². The van der Waals surface area contributed by atoms with E-state index < -0.39 is 5.97 Å². The lowest BCUT2D eigenvalue weighted by molar-refractivity contribution is 0.0692. The van der Waals surface area contributed by atoms with Crippen LogP contribution in [0.4, 0.5) is 0 Å². The molecule has 0 aliphatic heterocycles. The van der Waals surface area contributed by atoms with Crippen LogP contribution >= 0.6 is 0 Å². The van der Waals surface area contributed by atoms with Crippen molar-refractivity contribution in [2.45, 2.75) is 0 Å². The fourth-order valence-electron chi connectivity index (χ4n) is 4.32. The Kier molecular flexibility index (Phi) is 8.60. The van der Waals surface area contributed by atoms with Crippen molar-refractivity contribution >= 4 is 23.1 Å². The largest absolute Gasteiger partial charge is 0.420 e. The van der Waals surface area contributed by atoms with Crippen molar-refractivity contribution in [2.75, 3.05) is 0 Å². The van der Waals surface area contributed by atoms with E-state index in [4.69, 9.17) is 9.73 Å². The van der Waals surface area contributed by atoms with Crippen LogP contribution in [-0.2, 0) is 4.74 Å². The van der Waals surface area contributed by atoms with E-state index in [2.05, 4.69) is 12.1 Å². The molecular formula is C37H22N4O2. The molecule has 0 aromatic heterocycles. The number of benzene rings is 5. The number of nitrogens with zero attached hydrogens (tertiary/aromatic N) is 4. The monoisotopic (exact) mass is 554 g/mol. The zero-order chi connectivity index (χ0) is 30.0. The summed E-state index contributed by atoms with van der Waals surface area (Å²) in [4.78, 5) is 18.7. The lowest BCUT2D eigenvalue weighted by atomic mass is 10.0. The van der Waals surface area contributed by atoms with Crippen LogP contribution < -0.4 is 0 Å². The first-order valence-electron chi connectivity index (χ1n) is 13.3. The number of rotatable bonds is 7. The molecule has 6 heteroatoms. The van der Waals surface area contributed by atoms with Gasteiger partial charge in [0.15, 0.2) is 5.76 Å². The molecule has 0 unspecified atom stereocenters. The van der Waals surface area contributed by atoms with Crippen molar-refractivity contribution in [1.82, 2.24) is 0 Å². The molecule has 0 atom stereocenters. The Hall–Kier alpha value is -6.55. The van der Waals surface area contributed by atoms with Gasteiger partial charge < -0.3 is 4.74 Å². The molecule has 0 saturated heterocycles. The predicted octanol–water partition coefficient (Wildman–Crippen LogP) is 7.52. The van der Waals surface area contributed by atoms with E-state index in [1.807, 2.05) is 66.7 Å². The van der Waals surface area contributed by atoms with Crippen molar-refractivity contribution < 1.29 is 9.53 Å². The number of ether oxygens (including phenoxy) is 1. The van der Waals surface area contributed by atoms with Crippen LogP contribution in [0.1, 0.15) is 49.3 Å². The summed E-state index contributed by atoms with van der Waals surface area (Å²) >= 11 is 0. The maximum absolute atomic E-state index is 13.5. The first-order chi connectivity index (χ1) is 21.1. The Bertz CT molecular complexity index is 1900. The van der Waals surface area contributed by atoms with Crippen molar-refractivity contribution in [3.05, 3.63) is 178 Å². The fraction of sp³-hybridized carbons (Fsp3) is 0. The van der Waals surface area contributed by atoms with Crippen molar-refractivity contribution in [3.63, 3.8) is 0 Å². The molecule has 5 rings (SSSR count). The van der Waals surface area contributed by atoms with Gasteiger partial charge >= 0.3 is 5.97 Å². The molecule has 0 radical (unpaired) electrons. The maximum atomic E-state index is 13.5. The number of aliphatic imine (C=N–C) groups is 1. The summed E-state index contributed by atoms with van der Waals surface area (Å²) in [5.41, 5.74) is 5.37. The van der Waals surface area contributed by atoms with Gasteiger partial charge in [0.05, 0.1) is 46.2 Å². The molecule has 0 fully saturated rings. The summed E-state index contributed by atoms with van der Waals surface area (Å²) in [5.74, 6) is -0.487. The summed E-state index contributed by atoms with van der Waals surface area (Å²) in [6.45, 7) is 0. The topological polar surface area (TPSA) is 110 Å². The van der Waals surface area contributed by atoms with Crippen LogP contribution in [0.5, 0.6) is 0 Å². The van der Waals surface area contributed by atoms with Crippen LogP contribution in [0.25, 0.3) is 11.5 Å². The molecule has 0 saturated carbocycles. The lowest BCUT2D eigenvalue weighted by Crippen LogP contribution is -2.09. The fourth-order valence-corrected chi connectivity index (χ4v) is 4.32. The second-order valence-corrected chi connectivity index (χ2v) is 9.33. The molecule has 0 heterocycles. The number of esters is 1. The molecule has 0 spiro atoms. The summed E-state index contributed by atoms with van der Waals surface area (Å²) in [6.07, 6.45) is 0. The van der Waals surface area contributed by atoms with Gasteiger partial charge in [0, 0.05) is 22.3 Å². The SMILES string of the molecule is N#Cc1ccc(C(=O)O/C(=C(/N=C(c2ccccc2)c2ccccc2)c2ccc(C#N)cc2)c2ccc(C#N)cc2)cc1. The van der Waals surface area contributed by atoms with Crippen molar-refractivity contribution in [3.8, 4) is 18.2 Å². The van der Waals surface area contributed by atoms with Crippen LogP contribution in [0.15, 0.2) is 138 Å². The van der Waals surface area contributed by atoms with E-state index >= 15 is 0 Å². The van der Waals surface area contributed by atoms with Gasteiger partial charge in [-0.15, -0.1) is 0 Å². The van der Waals surface area contributed by atoms with Gasteiger partial charge in [-0.25, -0.2) is 9.79 Å². The van der Waals surface area contributed by atoms with Crippen molar-refractivity contribution in [1.29, 1.82) is 15.8 Å². The number of carbonyl (C=O) groups excluding carboxylic acids is 1. The first-order valence-corrected chi connectivity index (χ1v) is 13.3. The minimum absolute atomic E-state index is 0.160. The Labute approximate surface area is 249 Å². The van der Waals surface area contributed by atoms with E-state index in [1.54, 1.807) is 60.7 Å². The quantitative estimate of drug-likeness (QED) is 0.0894. The highest BCUT2D eigenvalue weighted by Crippen LogP contribution is 2.32. The lowest BCUT2D eigenvalue weighted by Gasteiger charge is -2.16. The molecule has 0 bridgehead atoms. The number of hydrogen-bond acceptors (Lipinski definition) is 6. The standard InChI is InChI=1S/C37H22N4O2/c38-23-26-11-17-31(18-12-26)35(41-34(29-7-3-1-4-8-29)30-9-5-2-6-10-30)36(32-19-13-27(24-39)14-20-32)43-37(42)33-21-15-28(25-40)16-22-33/h1-22H/b36-35+. The summed E-state index contributed by atoms with van der Waals surface area (Å²) in [6, 6.07) is 45.3. The third kappa shape index (κ3) is 6.61. The molecule has 5 aromatic carbocycles. The third-order valence-electron chi connectivity index (χ3n) is 6.54. The summed E-state index contributed by atoms with van der Waals surface area (Å²) in [5, 5.41) is 28.0. The van der Waals surface area contributed by atoms with Crippen molar-refractivity contribution in [2.24, 2.45) is 4.99 Å². The highest BCUT2D eigenvalue weighted by Gasteiger charge is 2.20. The number of nitriles is 3. The van der Waals surface area contributed by atoms with E-state index in [0.29, 0.717) is 39.2 Å². The minimum atomic E-state index is -0.647. The molecule has 43 heavy (non-hydrogen) atoms. The first kappa shape index (κ1) is 28.0. The highest BCUT2D eigenvalue weighted by atomic mass is 16.5. The molecule has 202 valence electrons. The van der Waals surface area contributed by atoms with Gasteiger partial charge in [0.2, 0.25) is 0 Å². The van der Waals surface area contributed by atoms with E-state index in [0.717, 1.165) is 11.1 Å². The zero-order valence-electron chi connectivity index (χ0n) is 22.8. The average Bonchev–Trinajstić information content (AvgIpc) is 3.09. The Balaban J connectivity index is 1.79. The molecular weight excluding hydrogens is 532 g/mol. The van der Waals surface area contributed by atoms with Crippen LogP contribution in [0, 0.1) is 34.0 Å². The van der Waals surface area contributed by atoms with E-state index in [9.17, 15) is 20.6 Å². The summed E-state index contributed by atoms with van der Waals surface area (Å²) in [7, 11) is 0. The predicted molar refractivity (Wildman–Crippen MR) is 164 cm³/mol. The Morgan fingerprint density at radius 1 is 0.488 bits per heavy atom. The minimum Gasteiger partial charge on any atom is -0.420 e. The number of hydrogen-bond donors (Lipinski definition) is 0. The van der Waals surface area contributed by atoms with Crippen LogP contribution in [0.3, 0.4) is 0 Å². The van der Waals surface area contributed by atoms with Gasteiger partial charge in [0.1, 0.15) is 5.70 Å². The zero-order valence-corrected chi connectivity index (χ0v) is 22.8. The van der Waals surface area contributed by atoms with Gasteiger partial charge in [0.25, 0.3) is 0 Å². The van der Waals surface area contributed by atoms with Crippen LogP contribution in [-0.4, -0.2) is 11.7 Å². The van der Waals surface area contributed by atoms with E-state index in [1.165, 1.54) is 12.1 Å². The Morgan fingerprint density at radius 3 is 1.30 bits per heavy atom. The smallest absolute Gasteiger partial charge is 0.343 e. The molecule has 6 nitrogen and oxygen atoms in total. The second-order valence-electron chi connectivity index (χ2n) is 9.33. The summed E-state index contributed by atoms with van der Waals surface area (Å²) < 4.78 is 6.12. The van der Waals surface area contributed by atoms with Gasteiger partial charge in [-0.1, -0.05) is 72.8 Å². The van der Waals surface area contributed by atoms with Gasteiger partial charge in [-0.3, -0.25) is 0 Å². The van der Waals surface area contributed by atoms with Gasteiger partial charge in [-0.05, 0) is 60.7 Å². The molecule has 0 aliphatic carbocycles. The molecule has 5 aromatic rings. The normalized spacial score (nSPS) is 10.7. The number of carbonyl (C=O) groups is 1. The van der Waals surface area contributed by atoms with Gasteiger partial charge in [-0.2, -0.15) is 15.8 Å². The molecule has 0 N–H and O–H groups in total. The maximum Gasteiger partial charge on any atom is 0.343 e. The third-order valence-corrected chi connectivity index (χ3v) is 6.54. The van der Waals surface area contributed by atoms with E-state index in [-0.39, 0.29) is 11.3 Å². The second kappa shape index (κ2) is 13.2. The highest BCUT2D eigenvalue weighted by molar-refractivity contribution is 6.16. The molecule has 0 aliphatic rings. The molecule has 0 amide bonds. The average molecular weight is 555 g/mol. The Morgan fingerprint density at radius 2 is 0.884 bits per heavy atom.